The van der Waals surface area contributed by atoms with Crippen LogP contribution in [-0.2, 0) is 0 Å². The molecule has 0 spiro atoms. The minimum atomic E-state index is -1.08. The van der Waals surface area contributed by atoms with Crippen molar-refractivity contribution in [3.05, 3.63) is 64.6 Å². The summed E-state index contributed by atoms with van der Waals surface area (Å²) in [5.74, 6) is -3.47. The Morgan fingerprint density at radius 3 is 2.45 bits per heavy atom. The average molecular weight is 420 g/mol. The van der Waals surface area contributed by atoms with Crippen LogP contribution in [0.4, 0.5) is 13.2 Å². The summed E-state index contributed by atoms with van der Waals surface area (Å²) in [6.45, 7) is 1.66. The molecule has 0 atom stereocenters. The molecular weight excluding hydrogens is 403 g/mol. The summed E-state index contributed by atoms with van der Waals surface area (Å²) in [7, 11) is 0. The summed E-state index contributed by atoms with van der Waals surface area (Å²) in [4.78, 5) is 16.8. The maximum atomic E-state index is 14.4. The Hall–Kier alpha value is -2.64. The molecule has 3 aromatic rings. The van der Waals surface area contributed by atoms with Crippen molar-refractivity contribution in [3.63, 3.8) is 0 Å². The molecule has 1 aliphatic rings. The van der Waals surface area contributed by atoms with Crippen molar-refractivity contribution in [1.82, 2.24) is 15.6 Å². The molecule has 0 unspecified atom stereocenters. The number of rotatable bonds is 3. The van der Waals surface area contributed by atoms with E-state index in [1.54, 1.807) is 12.1 Å². The predicted molar refractivity (Wildman–Crippen MR) is 105 cm³/mol. The lowest BCUT2D eigenvalue weighted by molar-refractivity contribution is 0.0929. The van der Waals surface area contributed by atoms with Gasteiger partial charge in [-0.25, -0.2) is 13.2 Å². The van der Waals surface area contributed by atoms with Gasteiger partial charge in [-0.2, -0.15) is 0 Å². The van der Waals surface area contributed by atoms with Gasteiger partial charge in [0.05, 0.1) is 16.3 Å². The van der Waals surface area contributed by atoms with Gasteiger partial charge in [0.2, 0.25) is 0 Å². The van der Waals surface area contributed by atoms with E-state index in [1.807, 2.05) is 0 Å². The van der Waals surface area contributed by atoms with Crippen LogP contribution in [0.5, 0.6) is 0 Å². The average Bonchev–Trinajstić information content (AvgIpc) is 2.69. The van der Waals surface area contributed by atoms with Crippen LogP contribution in [0.3, 0.4) is 0 Å². The molecule has 0 bridgehead atoms. The van der Waals surface area contributed by atoms with E-state index in [2.05, 4.69) is 15.6 Å². The van der Waals surface area contributed by atoms with Crippen molar-refractivity contribution in [1.29, 1.82) is 0 Å². The molecule has 2 aromatic carbocycles. The molecule has 1 aromatic heterocycles. The lowest BCUT2D eigenvalue weighted by Gasteiger charge is -2.23. The highest BCUT2D eigenvalue weighted by atomic mass is 35.5. The summed E-state index contributed by atoms with van der Waals surface area (Å²) < 4.78 is 42.0. The molecule has 1 amide bonds. The minimum Gasteiger partial charge on any atom is -0.349 e. The number of pyridine rings is 1. The smallest absolute Gasteiger partial charge is 0.251 e. The lowest BCUT2D eigenvalue weighted by Crippen LogP contribution is -2.42. The molecule has 0 radical (unpaired) electrons. The first kappa shape index (κ1) is 19.7. The van der Waals surface area contributed by atoms with Gasteiger partial charge < -0.3 is 10.6 Å². The molecule has 0 saturated carbocycles. The molecule has 150 valence electrons. The molecule has 29 heavy (non-hydrogen) atoms. The molecule has 2 heterocycles. The number of hydrogen-bond acceptors (Lipinski definition) is 3. The Balaban J connectivity index is 1.79. The van der Waals surface area contributed by atoms with Crippen molar-refractivity contribution in [2.24, 2.45) is 0 Å². The van der Waals surface area contributed by atoms with E-state index in [9.17, 15) is 18.0 Å². The first-order valence-electron chi connectivity index (χ1n) is 9.19. The first-order chi connectivity index (χ1) is 13.9. The van der Waals surface area contributed by atoms with E-state index in [1.165, 1.54) is 12.3 Å². The Bertz CT molecular complexity index is 1080. The monoisotopic (exact) mass is 419 g/mol. The number of aromatic nitrogens is 1. The number of carbonyl (C=O) groups excluding carboxylic acids is 1. The number of carbonyl (C=O) groups is 1. The number of hydrogen-bond donors (Lipinski definition) is 2. The quantitative estimate of drug-likeness (QED) is 0.659. The predicted octanol–water partition coefficient (Wildman–Crippen LogP) is 4.45. The van der Waals surface area contributed by atoms with Crippen molar-refractivity contribution in [2.45, 2.75) is 18.9 Å². The number of fused-ring (bicyclic) bond motifs is 1. The zero-order valence-corrected chi connectivity index (χ0v) is 16.0. The molecule has 4 rings (SSSR count). The zero-order valence-electron chi connectivity index (χ0n) is 15.2. The van der Waals surface area contributed by atoms with Gasteiger partial charge in [0.25, 0.3) is 5.91 Å². The van der Waals surface area contributed by atoms with E-state index in [0.717, 1.165) is 25.9 Å². The van der Waals surface area contributed by atoms with Crippen LogP contribution >= 0.6 is 11.6 Å². The van der Waals surface area contributed by atoms with Crippen LogP contribution < -0.4 is 10.6 Å². The SMILES string of the molecule is O=C(NC1CCNCC1)c1ccc2c(Cl)cnc(-c3c(F)cc(F)cc3F)c2c1. The fraction of sp³-hybridized carbons (Fsp3) is 0.238. The molecule has 0 aliphatic carbocycles. The largest absolute Gasteiger partial charge is 0.349 e. The molecule has 8 heteroatoms. The highest BCUT2D eigenvalue weighted by Crippen LogP contribution is 2.34. The van der Waals surface area contributed by atoms with Crippen LogP contribution in [0.1, 0.15) is 23.2 Å². The Morgan fingerprint density at radius 2 is 1.76 bits per heavy atom. The van der Waals surface area contributed by atoms with Gasteiger partial charge in [0.15, 0.2) is 0 Å². The number of halogens is 4. The summed E-state index contributed by atoms with van der Waals surface area (Å²) >= 11 is 6.19. The normalized spacial score (nSPS) is 14.9. The van der Waals surface area contributed by atoms with E-state index >= 15 is 0 Å². The zero-order chi connectivity index (χ0) is 20.5. The molecular formula is C21H17ClF3N3O. The van der Waals surface area contributed by atoms with Gasteiger partial charge in [-0.05, 0) is 38.1 Å². The number of piperidine rings is 1. The van der Waals surface area contributed by atoms with Crippen molar-refractivity contribution in [3.8, 4) is 11.3 Å². The Kier molecular flexibility index (Phi) is 5.43. The van der Waals surface area contributed by atoms with E-state index in [4.69, 9.17) is 11.6 Å². The summed E-state index contributed by atoms with van der Waals surface area (Å²) in [6, 6.07) is 5.96. The van der Waals surface area contributed by atoms with Crippen molar-refractivity contribution in [2.75, 3.05) is 13.1 Å². The summed E-state index contributed by atoms with van der Waals surface area (Å²) in [5, 5.41) is 7.27. The van der Waals surface area contributed by atoms with Crippen LogP contribution in [0.15, 0.2) is 36.5 Å². The van der Waals surface area contributed by atoms with Gasteiger partial charge in [-0.3, -0.25) is 9.78 Å². The third-order valence-corrected chi connectivity index (χ3v) is 5.32. The van der Waals surface area contributed by atoms with E-state index < -0.39 is 23.0 Å². The van der Waals surface area contributed by atoms with E-state index in [-0.39, 0.29) is 22.7 Å². The number of amides is 1. The second-order valence-corrected chi connectivity index (χ2v) is 7.36. The third-order valence-electron chi connectivity index (χ3n) is 5.02. The fourth-order valence-electron chi connectivity index (χ4n) is 3.55. The molecule has 1 fully saturated rings. The maximum Gasteiger partial charge on any atom is 0.251 e. The van der Waals surface area contributed by atoms with Crippen LogP contribution in [0, 0.1) is 17.5 Å². The lowest BCUT2D eigenvalue weighted by atomic mass is 10.00. The second kappa shape index (κ2) is 8.00. The van der Waals surface area contributed by atoms with Crippen molar-refractivity contribution < 1.29 is 18.0 Å². The molecule has 1 aliphatic heterocycles. The highest BCUT2D eigenvalue weighted by molar-refractivity contribution is 6.35. The second-order valence-electron chi connectivity index (χ2n) is 6.96. The van der Waals surface area contributed by atoms with Gasteiger partial charge in [0.1, 0.15) is 17.5 Å². The fourth-order valence-corrected chi connectivity index (χ4v) is 3.77. The van der Waals surface area contributed by atoms with Gasteiger partial charge in [-0.1, -0.05) is 17.7 Å². The summed E-state index contributed by atoms with van der Waals surface area (Å²) in [5.41, 5.74) is -0.191. The third kappa shape index (κ3) is 3.93. The first-order valence-corrected chi connectivity index (χ1v) is 9.56. The molecule has 1 saturated heterocycles. The Labute approximate surface area is 170 Å². The highest BCUT2D eigenvalue weighted by Gasteiger charge is 2.21. The number of nitrogens with one attached hydrogen (secondary N) is 2. The van der Waals surface area contributed by atoms with Gasteiger partial charge in [-0.15, -0.1) is 0 Å². The molecule has 2 N–H and O–H groups in total. The van der Waals surface area contributed by atoms with Crippen LogP contribution in [0.25, 0.3) is 22.0 Å². The standard InChI is InChI=1S/C21H17ClF3N3O/c22-16-10-27-20(19-17(24)8-12(23)9-18(19)25)15-7-11(1-2-14(15)16)21(29)28-13-3-5-26-6-4-13/h1-2,7-10,13,26H,3-6H2,(H,28,29). The maximum absolute atomic E-state index is 14.4. The van der Waals surface area contributed by atoms with Gasteiger partial charge >= 0.3 is 0 Å². The molecule has 4 nitrogen and oxygen atoms in total. The topological polar surface area (TPSA) is 54.0 Å². The van der Waals surface area contributed by atoms with E-state index in [0.29, 0.717) is 28.5 Å². The van der Waals surface area contributed by atoms with Crippen LogP contribution in [0.2, 0.25) is 5.02 Å². The minimum absolute atomic E-state index is 0.0454. The van der Waals surface area contributed by atoms with Crippen molar-refractivity contribution >= 4 is 28.3 Å². The summed E-state index contributed by atoms with van der Waals surface area (Å²) in [6.07, 6.45) is 2.92. The number of nitrogens with zero attached hydrogens (tertiary/aromatic N) is 1. The number of benzene rings is 2. The van der Waals surface area contributed by atoms with Gasteiger partial charge in [0, 0.05) is 40.7 Å². The Morgan fingerprint density at radius 1 is 1.07 bits per heavy atom. The van der Waals surface area contributed by atoms with Crippen LogP contribution in [-0.4, -0.2) is 30.0 Å².